The smallest absolute Gasteiger partial charge is 0.253 e. The molecule has 1 aliphatic heterocycles. The Morgan fingerprint density at radius 2 is 2.17 bits per heavy atom. The second-order valence-electron chi connectivity index (χ2n) is 3.41. The number of nitrogens with one attached hydrogen (secondary N) is 1. The normalized spacial score (nSPS) is 29.7. The molecule has 2 atom stereocenters. The minimum Gasteiger partial charge on any atom is -0.365 e. The molecule has 3 nitrogen and oxygen atoms in total. The zero-order valence-corrected chi connectivity index (χ0v) is 7.76. The van der Waals surface area contributed by atoms with Crippen molar-refractivity contribution in [1.29, 1.82) is 0 Å². The Morgan fingerprint density at radius 1 is 1.58 bits per heavy atom. The molecule has 3 heteroatoms. The summed E-state index contributed by atoms with van der Waals surface area (Å²) < 4.78 is 5.43. The van der Waals surface area contributed by atoms with Gasteiger partial charge in [0.2, 0.25) is 0 Å². The van der Waals surface area contributed by atoms with E-state index in [9.17, 15) is 4.79 Å². The van der Waals surface area contributed by atoms with Gasteiger partial charge < -0.3 is 10.1 Å². The third-order valence-corrected chi connectivity index (χ3v) is 1.96. The molecule has 0 aromatic rings. The van der Waals surface area contributed by atoms with E-state index in [-0.39, 0.29) is 24.0 Å². The molecular weight excluding hydrogens is 154 g/mol. The summed E-state index contributed by atoms with van der Waals surface area (Å²) >= 11 is 0. The molecule has 12 heavy (non-hydrogen) atoms. The molecular formula is C9H15NO2. The molecule has 0 aromatic carbocycles. The maximum Gasteiger partial charge on any atom is 0.253 e. The van der Waals surface area contributed by atoms with Crippen LogP contribution in [-0.4, -0.2) is 18.1 Å². The fourth-order valence-electron chi connectivity index (χ4n) is 1.23. The van der Waals surface area contributed by atoms with Crippen molar-refractivity contribution in [3.63, 3.8) is 0 Å². The SMILES string of the molecule is C=C1NC(=O)C(OC(C)C)C1C. The maximum atomic E-state index is 11.2. The first-order valence-electron chi connectivity index (χ1n) is 4.17. The minimum absolute atomic E-state index is 0.0683. The van der Waals surface area contributed by atoms with Crippen LogP contribution in [0.25, 0.3) is 0 Å². The summed E-state index contributed by atoms with van der Waals surface area (Å²) in [6.45, 7) is 9.50. The van der Waals surface area contributed by atoms with Gasteiger partial charge in [-0.15, -0.1) is 0 Å². The van der Waals surface area contributed by atoms with Gasteiger partial charge in [0.1, 0.15) is 6.10 Å². The van der Waals surface area contributed by atoms with Crippen LogP contribution in [0.3, 0.4) is 0 Å². The molecule has 0 radical (unpaired) electrons. The fraction of sp³-hybridized carbons (Fsp3) is 0.667. The molecule has 1 N–H and O–H groups in total. The van der Waals surface area contributed by atoms with E-state index in [0.717, 1.165) is 5.70 Å². The molecule has 1 amide bonds. The molecule has 0 aliphatic carbocycles. The fourth-order valence-corrected chi connectivity index (χ4v) is 1.23. The van der Waals surface area contributed by atoms with Gasteiger partial charge in [-0.1, -0.05) is 13.5 Å². The molecule has 0 bridgehead atoms. The lowest BCUT2D eigenvalue weighted by atomic mass is 10.1. The van der Waals surface area contributed by atoms with Gasteiger partial charge in [0.05, 0.1) is 6.10 Å². The summed E-state index contributed by atoms with van der Waals surface area (Å²) in [5.41, 5.74) is 0.755. The van der Waals surface area contributed by atoms with E-state index >= 15 is 0 Å². The number of rotatable bonds is 2. The standard InChI is InChI=1S/C9H15NO2/c1-5(2)12-8-6(3)7(4)10-9(8)11/h5-6,8H,4H2,1-3H3,(H,10,11). The number of hydrogen-bond acceptors (Lipinski definition) is 2. The minimum atomic E-state index is -0.350. The number of amides is 1. The van der Waals surface area contributed by atoms with Gasteiger partial charge in [0, 0.05) is 11.6 Å². The molecule has 68 valence electrons. The summed E-state index contributed by atoms with van der Waals surface area (Å²) in [7, 11) is 0. The van der Waals surface area contributed by atoms with Crippen LogP contribution in [0.1, 0.15) is 20.8 Å². The number of ether oxygens (including phenoxy) is 1. The molecule has 1 aliphatic rings. The lowest BCUT2D eigenvalue weighted by Crippen LogP contribution is -2.29. The van der Waals surface area contributed by atoms with Crippen LogP contribution in [0.4, 0.5) is 0 Å². The van der Waals surface area contributed by atoms with Gasteiger partial charge in [-0.3, -0.25) is 4.79 Å². The van der Waals surface area contributed by atoms with Crippen molar-refractivity contribution in [3.8, 4) is 0 Å². The van der Waals surface area contributed by atoms with Crippen molar-refractivity contribution >= 4 is 5.91 Å². The van der Waals surface area contributed by atoms with Crippen LogP contribution in [0.5, 0.6) is 0 Å². The summed E-state index contributed by atoms with van der Waals surface area (Å²) in [5.74, 6) is 0.0149. The molecule has 2 unspecified atom stereocenters. The molecule has 1 saturated heterocycles. The van der Waals surface area contributed by atoms with Crippen LogP contribution in [0.15, 0.2) is 12.3 Å². The third-order valence-electron chi connectivity index (χ3n) is 1.96. The van der Waals surface area contributed by atoms with Crippen LogP contribution in [0.2, 0.25) is 0 Å². The summed E-state index contributed by atoms with van der Waals surface area (Å²) in [5, 5.41) is 2.66. The Morgan fingerprint density at radius 3 is 2.50 bits per heavy atom. The highest BCUT2D eigenvalue weighted by Gasteiger charge is 2.35. The van der Waals surface area contributed by atoms with E-state index in [1.807, 2.05) is 20.8 Å². The first-order valence-corrected chi connectivity index (χ1v) is 4.17. The van der Waals surface area contributed by atoms with Gasteiger partial charge in [-0.2, -0.15) is 0 Å². The Hall–Kier alpha value is -0.830. The van der Waals surface area contributed by atoms with Crippen molar-refractivity contribution in [2.45, 2.75) is 33.0 Å². The quantitative estimate of drug-likeness (QED) is 0.671. The van der Waals surface area contributed by atoms with E-state index in [2.05, 4.69) is 11.9 Å². The van der Waals surface area contributed by atoms with Gasteiger partial charge >= 0.3 is 0 Å². The Balaban J connectivity index is 2.63. The molecule has 1 heterocycles. The molecule has 1 fully saturated rings. The highest BCUT2D eigenvalue weighted by atomic mass is 16.5. The third kappa shape index (κ3) is 1.67. The van der Waals surface area contributed by atoms with Crippen molar-refractivity contribution in [2.75, 3.05) is 0 Å². The summed E-state index contributed by atoms with van der Waals surface area (Å²) in [6.07, 6.45) is -0.272. The highest BCUT2D eigenvalue weighted by molar-refractivity contribution is 5.86. The monoisotopic (exact) mass is 169 g/mol. The predicted molar refractivity (Wildman–Crippen MR) is 46.5 cm³/mol. The average molecular weight is 169 g/mol. The molecule has 0 saturated carbocycles. The Labute approximate surface area is 72.8 Å². The topological polar surface area (TPSA) is 38.3 Å². The zero-order valence-electron chi connectivity index (χ0n) is 7.76. The summed E-state index contributed by atoms with van der Waals surface area (Å²) in [6, 6.07) is 0. The molecule has 1 rings (SSSR count). The Kier molecular flexibility index (Phi) is 2.52. The van der Waals surface area contributed by atoms with Crippen LogP contribution < -0.4 is 5.32 Å². The first kappa shape index (κ1) is 9.26. The first-order chi connectivity index (χ1) is 5.52. The summed E-state index contributed by atoms with van der Waals surface area (Å²) in [4.78, 5) is 11.2. The van der Waals surface area contributed by atoms with E-state index in [0.29, 0.717) is 0 Å². The van der Waals surface area contributed by atoms with Crippen molar-refractivity contribution < 1.29 is 9.53 Å². The van der Waals surface area contributed by atoms with Crippen molar-refractivity contribution in [1.82, 2.24) is 5.32 Å². The van der Waals surface area contributed by atoms with E-state index in [4.69, 9.17) is 4.74 Å². The van der Waals surface area contributed by atoms with Crippen molar-refractivity contribution in [2.24, 2.45) is 5.92 Å². The lowest BCUT2D eigenvalue weighted by molar-refractivity contribution is -0.133. The number of carbonyl (C=O) groups excluding carboxylic acids is 1. The highest BCUT2D eigenvalue weighted by Crippen LogP contribution is 2.22. The second-order valence-corrected chi connectivity index (χ2v) is 3.41. The van der Waals surface area contributed by atoms with Crippen LogP contribution in [-0.2, 0) is 9.53 Å². The second kappa shape index (κ2) is 3.27. The maximum absolute atomic E-state index is 11.2. The molecule has 0 spiro atoms. The van der Waals surface area contributed by atoms with Crippen LogP contribution in [0, 0.1) is 5.92 Å². The van der Waals surface area contributed by atoms with Crippen LogP contribution >= 0.6 is 0 Å². The zero-order chi connectivity index (χ0) is 9.30. The van der Waals surface area contributed by atoms with Gasteiger partial charge in [0.25, 0.3) is 5.91 Å². The molecule has 0 aromatic heterocycles. The average Bonchev–Trinajstić information content (AvgIpc) is 2.16. The van der Waals surface area contributed by atoms with Gasteiger partial charge in [-0.05, 0) is 13.8 Å². The predicted octanol–water partition coefficient (Wildman–Crippen LogP) is 1.06. The van der Waals surface area contributed by atoms with E-state index < -0.39 is 0 Å². The van der Waals surface area contributed by atoms with Gasteiger partial charge in [0.15, 0.2) is 0 Å². The Bertz CT molecular complexity index is 211. The van der Waals surface area contributed by atoms with E-state index in [1.165, 1.54) is 0 Å². The lowest BCUT2D eigenvalue weighted by Gasteiger charge is -2.16. The number of carbonyl (C=O) groups is 1. The largest absolute Gasteiger partial charge is 0.365 e. The van der Waals surface area contributed by atoms with E-state index in [1.54, 1.807) is 0 Å². The van der Waals surface area contributed by atoms with Gasteiger partial charge in [-0.25, -0.2) is 0 Å². The van der Waals surface area contributed by atoms with Crippen molar-refractivity contribution in [3.05, 3.63) is 12.3 Å². The number of hydrogen-bond donors (Lipinski definition) is 1.